The number of aromatic nitrogens is 4. The average Bonchev–Trinajstić information content (AvgIpc) is 2.84. The second-order valence-electron chi connectivity index (χ2n) is 4.10. The summed E-state index contributed by atoms with van der Waals surface area (Å²) in [6.45, 7) is 1.87. The number of aromatic amines is 1. The highest BCUT2D eigenvalue weighted by Crippen LogP contribution is 2.16. The van der Waals surface area contributed by atoms with Crippen molar-refractivity contribution in [3.05, 3.63) is 39.4 Å². The Morgan fingerprint density at radius 2 is 2.19 bits per heavy atom. The second-order valence-corrected chi connectivity index (χ2v) is 4.10. The first-order chi connectivity index (χ1) is 7.75. The highest BCUT2D eigenvalue weighted by Gasteiger charge is 2.20. The molecule has 0 radical (unpaired) electrons. The highest BCUT2D eigenvalue weighted by molar-refractivity contribution is 5.28. The molecule has 0 aromatic carbocycles. The molecule has 0 fully saturated rings. The molecule has 0 unspecified atom stereocenters. The number of fused-ring (bicyclic) bond motifs is 1. The van der Waals surface area contributed by atoms with Crippen molar-refractivity contribution in [3.63, 3.8) is 0 Å². The number of nitrogens with one attached hydrogen (secondary N) is 1. The molecule has 0 atom stereocenters. The highest BCUT2D eigenvalue weighted by atomic mass is 16.1. The van der Waals surface area contributed by atoms with E-state index in [2.05, 4.69) is 15.3 Å². The van der Waals surface area contributed by atoms with Gasteiger partial charge in [0.05, 0.1) is 5.69 Å². The Balaban J connectivity index is 2.14. The maximum absolute atomic E-state index is 12.0. The van der Waals surface area contributed by atoms with Crippen molar-refractivity contribution in [2.45, 2.75) is 26.2 Å². The van der Waals surface area contributed by atoms with E-state index >= 15 is 0 Å². The van der Waals surface area contributed by atoms with Crippen LogP contribution in [0.15, 0.2) is 16.9 Å². The number of hydrogen-bond donors (Lipinski definition) is 1. The number of rotatable bonds is 1. The van der Waals surface area contributed by atoms with Crippen LogP contribution in [-0.2, 0) is 12.8 Å². The molecule has 82 valence electrons. The van der Waals surface area contributed by atoms with Crippen LogP contribution in [-0.4, -0.2) is 20.0 Å². The van der Waals surface area contributed by atoms with E-state index in [-0.39, 0.29) is 5.56 Å². The summed E-state index contributed by atoms with van der Waals surface area (Å²) >= 11 is 0. The Bertz CT molecular complexity index is 579. The molecule has 5 heteroatoms. The minimum atomic E-state index is 0.0191. The fourth-order valence-corrected chi connectivity index (χ4v) is 2.10. The molecule has 0 spiro atoms. The van der Waals surface area contributed by atoms with Crippen molar-refractivity contribution >= 4 is 0 Å². The maximum atomic E-state index is 12.0. The Labute approximate surface area is 92.1 Å². The van der Waals surface area contributed by atoms with E-state index in [0.717, 1.165) is 36.2 Å². The predicted molar refractivity (Wildman–Crippen MR) is 58.7 cm³/mol. The lowest BCUT2D eigenvalue weighted by molar-refractivity contribution is 0.745. The zero-order valence-corrected chi connectivity index (χ0v) is 9.03. The van der Waals surface area contributed by atoms with Crippen molar-refractivity contribution in [2.24, 2.45) is 0 Å². The predicted octanol–water partition coefficient (Wildman–Crippen LogP) is 0.753. The topological polar surface area (TPSA) is 63.6 Å². The van der Waals surface area contributed by atoms with E-state index in [4.69, 9.17) is 0 Å². The minimum Gasteiger partial charge on any atom is -0.293 e. The molecule has 1 aliphatic carbocycles. The summed E-state index contributed by atoms with van der Waals surface area (Å²) in [7, 11) is 0. The monoisotopic (exact) mass is 216 g/mol. The van der Waals surface area contributed by atoms with Crippen LogP contribution in [0.2, 0.25) is 0 Å². The smallest absolute Gasteiger partial charge is 0.276 e. The average molecular weight is 216 g/mol. The molecular formula is C11H12N4O. The van der Waals surface area contributed by atoms with Gasteiger partial charge in [-0.1, -0.05) is 0 Å². The van der Waals surface area contributed by atoms with Gasteiger partial charge in [-0.15, -0.1) is 5.10 Å². The van der Waals surface area contributed by atoms with Crippen LogP contribution in [0.1, 0.15) is 23.4 Å². The van der Waals surface area contributed by atoms with Crippen molar-refractivity contribution in [2.75, 3.05) is 0 Å². The van der Waals surface area contributed by atoms with E-state index < -0.39 is 0 Å². The Hall–Kier alpha value is -1.91. The summed E-state index contributed by atoms with van der Waals surface area (Å²) < 4.78 is 1.48. The first kappa shape index (κ1) is 9.33. The van der Waals surface area contributed by atoms with Crippen LogP contribution >= 0.6 is 0 Å². The van der Waals surface area contributed by atoms with E-state index in [0.29, 0.717) is 5.82 Å². The van der Waals surface area contributed by atoms with Gasteiger partial charge in [0.2, 0.25) is 0 Å². The molecule has 0 saturated heterocycles. The van der Waals surface area contributed by atoms with Crippen molar-refractivity contribution in [1.29, 1.82) is 0 Å². The van der Waals surface area contributed by atoms with Gasteiger partial charge in [-0.25, -0.2) is 0 Å². The van der Waals surface area contributed by atoms with Crippen molar-refractivity contribution in [3.8, 4) is 5.82 Å². The van der Waals surface area contributed by atoms with Crippen LogP contribution in [0.4, 0.5) is 0 Å². The van der Waals surface area contributed by atoms with Gasteiger partial charge in [0.25, 0.3) is 5.56 Å². The summed E-state index contributed by atoms with van der Waals surface area (Å²) in [5, 5.41) is 11.1. The fraction of sp³-hybridized carbons (Fsp3) is 0.364. The molecule has 0 amide bonds. The second kappa shape index (κ2) is 3.30. The lowest BCUT2D eigenvalue weighted by Gasteiger charge is -2.00. The van der Waals surface area contributed by atoms with Gasteiger partial charge in [-0.2, -0.15) is 9.78 Å². The molecule has 0 aliphatic heterocycles. The first-order valence-electron chi connectivity index (χ1n) is 5.39. The number of H-pyrrole nitrogens is 1. The number of aryl methyl sites for hydroxylation is 2. The minimum absolute atomic E-state index is 0.0191. The zero-order chi connectivity index (χ0) is 11.1. The van der Waals surface area contributed by atoms with E-state index in [1.165, 1.54) is 4.68 Å². The Morgan fingerprint density at radius 1 is 1.31 bits per heavy atom. The van der Waals surface area contributed by atoms with Gasteiger partial charge in [-0.3, -0.25) is 9.89 Å². The number of hydrogen-bond acceptors (Lipinski definition) is 3. The molecule has 16 heavy (non-hydrogen) atoms. The molecule has 2 aromatic heterocycles. The molecule has 0 saturated carbocycles. The molecule has 0 bridgehead atoms. The van der Waals surface area contributed by atoms with E-state index in [9.17, 15) is 4.79 Å². The van der Waals surface area contributed by atoms with Gasteiger partial charge < -0.3 is 0 Å². The summed E-state index contributed by atoms with van der Waals surface area (Å²) in [6.07, 6.45) is 2.89. The van der Waals surface area contributed by atoms with Crippen LogP contribution in [0.3, 0.4) is 0 Å². The lowest BCUT2D eigenvalue weighted by atomic mass is 10.3. The van der Waals surface area contributed by atoms with Crippen molar-refractivity contribution in [1.82, 2.24) is 20.0 Å². The zero-order valence-electron chi connectivity index (χ0n) is 9.03. The first-order valence-corrected chi connectivity index (χ1v) is 5.39. The van der Waals surface area contributed by atoms with E-state index in [1.54, 1.807) is 6.07 Å². The van der Waals surface area contributed by atoms with E-state index in [1.807, 2.05) is 13.0 Å². The third-order valence-electron chi connectivity index (χ3n) is 2.94. The summed E-state index contributed by atoms with van der Waals surface area (Å²) in [5.41, 5.74) is 2.82. The third-order valence-corrected chi connectivity index (χ3v) is 2.94. The Morgan fingerprint density at radius 3 is 2.88 bits per heavy atom. The molecule has 2 heterocycles. The maximum Gasteiger partial charge on any atom is 0.276 e. The van der Waals surface area contributed by atoms with Crippen LogP contribution < -0.4 is 5.56 Å². The number of nitrogens with zero attached hydrogens (tertiary/aromatic N) is 3. The standard InChI is InChI=1S/C11H12N4O/c1-7-5-6-10(13-12-7)15-11(16)8-3-2-4-9(8)14-15/h5-6,14H,2-4H2,1H3. The van der Waals surface area contributed by atoms with Gasteiger partial charge in [0.1, 0.15) is 0 Å². The van der Waals surface area contributed by atoms with Crippen molar-refractivity contribution < 1.29 is 0 Å². The summed E-state index contributed by atoms with van der Waals surface area (Å²) in [6, 6.07) is 3.65. The Kier molecular flexibility index (Phi) is 1.92. The molecule has 5 nitrogen and oxygen atoms in total. The van der Waals surface area contributed by atoms with Gasteiger partial charge >= 0.3 is 0 Å². The quantitative estimate of drug-likeness (QED) is 0.765. The van der Waals surface area contributed by atoms with Crippen LogP contribution in [0, 0.1) is 6.92 Å². The molecule has 3 rings (SSSR count). The molecule has 1 aliphatic rings. The van der Waals surface area contributed by atoms with Gasteiger partial charge in [0, 0.05) is 11.3 Å². The largest absolute Gasteiger partial charge is 0.293 e. The SMILES string of the molecule is Cc1ccc(-n2[nH]c3c(c2=O)CCC3)nn1. The van der Waals surface area contributed by atoms with Crippen LogP contribution in [0.25, 0.3) is 5.82 Å². The van der Waals surface area contributed by atoms with Gasteiger partial charge in [-0.05, 0) is 38.3 Å². The molecule has 2 aromatic rings. The third kappa shape index (κ3) is 1.28. The summed E-state index contributed by atoms with van der Waals surface area (Å²) in [4.78, 5) is 12.0. The lowest BCUT2D eigenvalue weighted by Crippen LogP contribution is -2.18. The normalized spacial score (nSPS) is 14.1. The molecular weight excluding hydrogens is 204 g/mol. The summed E-state index contributed by atoms with van der Waals surface area (Å²) in [5.74, 6) is 0.560. The molecule has 1 N–H and O–H groups in total. The van der Waals surface area contributed by atoms with Crippen LogP contribution in [0.5, 0.6) is 0 Å². The fourth-order valence-electron chi connectivity index (χ4n) is 2.10. The van der Waals surface area contributed by atoms with Gasteiger partial charge in [0.15, 0.2) is 5.82 Å².